The number of hydrogen-bond donors (Lipinski definition) is 0. The van der Waals surface area contributed by atoms with Gasteiger partial charge in [-0.15, -0.1) is 0 Å². The lowest BCUT2D eigenvalue weighted by Gasteiger charge is -2.07. The fraction of sp³-hybridized carbons (Fsp3) is 0.0435. The van der Waals surface area contributed by atoms with Crippen molar-refractivity contribution in [2.75, 3.05) is 7.11 Å². The van der Waals surface area contributed by atoms with Crippen LogP contribution in [0.5, 0.6) is 5.75 Å². The quantitative estimate of drug-likeness (QED) is 0.428. The summed E-state index contributed by atoms with van der Waals surface area (Å²) in [7, 11) is 1.63. The average Bonchev–Trinajstić information content (AvgIpc) is 3.14. The van der Waals surface area contributed by atoms with Gasteiger partial charge < -0.3 is 4.74 Å². The van der Waals surface area contributed by atoms with Crippen LogP contribution < -0.4 is 4.74 Å². The number of hydrogen-bond acceptors (Lipinski definition) is 3. The second-order valence-electron chi connectivity index (χ2n) is 6.51. The summed E-state index contributed by atoms with van der Waals surface area (Å²) in [5.41, 5.74) is 4.13. The summed E-state index contributed by atoms with van der Waals surface area (Å²) in [6.07, 6.45) is 1.83. The molecule has 0 atom stereocenters. The van der Waals surface area contributed by atoms with Crippen LogP contribution in [-0.4, -0.2) is 21.9 Å². The van der Waals surface area contributed by atoms with Crippen molar-refractivity contribution in [2.45, 2.75) is 0 Å². The Hall–Kier alpha value is -3.73. The van der Waals surface area contributed by atoms with E-state index in [0.29, 0.717) is 5.69 Å². The molecule has 0 aliphatic carbocycles. The van der Waals surface area contributed by atoms with Crippen molar-refractivity contribution in [3.63, 3.8) is 0 Å². The summed E-state index contributed by atoms with van der Waals surface area (Å²) in [6.45, 7) is 0. The lowest BCUT2D eigenvalue weighted by Crippen LogP contribution is -1.98. The first-order chi connectivity index (χ1) is 13.7. The Bertz CT molecular complexity index is 1310. The van der Waals surface area contributed by atoms with Gasteiger partial charge in [-0.05, 0) is 36.4 Å². The number of fused-ring (bicyclic) bond motifs is 3. The molecule has 5 heteroatoms. The summed E-state index contributed by atoms with van der Waals surface area (Å²) in [5.74, 6) is 0.424. The highest BCUT2D eigenvalue weighted by atomic mass is 19.1. The normalized spacial score (nSPS) is 11.2. The van der Waals surface area contributed by atoms with E-state index in [2.05, 4.69) is 4.98 Å². The van der Waals surface area contributed by atoms with Crippen LogP contribution in [0.1, 0.15) is 0 Å². The van der Waals surface area contributed by atoms with Gasteiger partial charge in [-0.2, -0.15) is 5.10 Å². The fourth-order valence-corrected chi connectivity index (χ4v) is 3.49. The van der Waals surface area contributed by atoms with E-state index in [1.54, 1.807) is 17.9 Å². The van der Waals surface area contributed by atoms with Gasteiger partial charge in [-0.25, -0.2) is 9.07 Å². The lowest BCUT2D eigenvalue weighted by molar-refractivity contribution is 0.415. The molecule has 2 aromatic heterocycles. The Morgan fingerprint density at radius 1 is 0.893 bits per heavy atom. The number of halogens is 1. The fourth-order valence-electron chi connectivity index (χ4n) is 3.49. The van der Waals surface area contributed by atoms with Crippen molar-refractivity contribution in [3.8, 4) is 22.7 Å². The zero-order valence-electron chi connectivity index (χ0n) is 15.1. The van der Waals surface area contributed by atoms with Gasteiger partial charge in [0.05, 0.1) is 23.8 Å². The number of aromatic nitrogens is 3. The number of benzene rings is 3. The van der Waals surface area contributed by atoms with Crippen molar-refractivity contribution in [2.24, 2.45) is 0 Å². The van der Waals surface area contributed by atoms with Crippen molar-refractivity contribution in [1.29, 1.82) is 0 Å². The highest BCUT2D eigenvalue weighted by molar-refractivity contribution is 6.09. The van der Waals surface area contributed by atoms with Gasteiger partial charge in [-0.3, -0.25) is 4.98 Å². The predicted molar refractivity (Wildman–Crippen MR) is 108 cm³/mol. The van der Waals surface area contributed by atoms with Crippen LogP contribution in [0.4, 0.5) is 4.39 Å². The first kappa shape index (κ1) is 16.4. The minimum atomic E-state index is -0.307. The molecule has 5 aromatic rings. The van der Waals surface area contributed by atoms with Gasteiger partial charge in [0, 0.05) is 22.5 Å². The molecule has 4 nitrogen and oxygen atoms in total. The molecule has 0 aliphatic rings. The third-order valence-electron chi connectivity index (χ3n) is 4.81. The predicted octanol–water partition coefficient (Wildman–Crippen LogP) is 5.39. The molecular formula is C23H16FN3O. The molecule has 0 fully saturated rings. The largest absolute Gasteiger partial charge is 0.497 e. The standard InChI is InChI=1S/C23H16FN3O/c1-28-18-10-11-21-19(13-18)23-20(14-25-21)22(15-6-3-2-4-7-15)26-27(23)17-9-5-8-16(24)12-17/h2-14H,1H3. The second kappa shape index (κ2) is 6.46. The maximum Gasteiger partial charge on any atom is 0.125 e. The Balaban J connectivity index is 1.92. The van der Waals surface area contributed by atoms with E-state index in [0.717, 1.165) is 38.8 Å². The summed E-state index contributed by atoms with van der Waals surface area (Å²) >= 11 is 0. The van der Waals surface area contributed by atoms with Gasteiger partial charge >= 0.3 is 0 Å². The van der Waals surface area contributed by atoms with Gasteiger partial charge in [0.1, 0.15) is 17.3 Å². The lowest BCUT2D eigenvalue weighted by atomic mass is 10.1. The van der Waals surface area contributed by atoms with Crippen LogP contribution in [-0.2, 0) is 0 Å². The Morgan fingerprint density at radius 3 is 2.54 bits per heavy atom. The van der Waals surface area contributed by atoms with Gasteiger partial charge in [-0.1, -0.05) is 36.4 Å². The molecule has 3 aromatic carbocycles. The second-order valence-corrected chi connectivity index (χ2v) is 6.51. The van der Waals surface area contributed by atoms with Crippen LogP contribution in [0.15, 0.2) is 79.0 Å². The molecule has 0 aliphatic heterocycles. The van der Waals surface area contributed by atoms with Crippen LogP contribution in [0, 0.1) is 5.82 Å². The molecule has 0 N–H and O–H groups in total. The highest BCUT2D eigenvalue weighted by Gasteiger charge is 2.17. The number of methoxy groups -OCH3 is 1. The molecular weight excluding hydrogens is 353 g/mol. The number of ether oxygens (including phenoxy) is 1. The molecule has 5 rings (SSSR count). The summed E-state index contributed by atoms with van der Waals surface area (Å²) < 4.78 is 21.1. The van der Waals surface area contributed by atoms with Crippen LogP contribution in [0.25, 0.3) is 38.8 Å². The third-order valence-corrected chi connectivity index (χ3v) is 4.81. The topological polar surface area (TPSA) is 39.9 Å². The maximum absolute atomic E-state index is 13.9. The SMILES string of the molecule is COc1ccc2ncc3c(-c4ccccc4)nn(-c4cccc(F)c4)c3c2c1. The van der Waals surface area contributed by atoms with Crippen molar-refractivity contribution < 1.29 is 9.13 Å². The number of rotatable bonds is 3. The number of pyridine rings is 1. The summed E-state index contributed by atoms with van der Waals surface area (Å²) in [5, 5.41) is 6.64. The zero-order valence-corrected chi connectivity index (χ0v) is 15.1. The molecule has 0 amide bonds. The number of nitrogens with zero attached hydrogens (tertiary/aromatic N) is 3. The Labute approximate surface area is 160 Å². The van der Waals surface area contributed by atoms with E-state index >= 15 is 0 Å². The zero-order chi connectivity index (χ0) is 19.1. The molecule has 0 spiro atoms. The van der Waals surface area contributed by atoms with E-state index < -0.39 is 0 Å². The van der Waals surface area contributed by atoms with E-state index in [1.807, 2.05) is 60.8 Å². The first-order valence-corrected chi connectivity index (χ1v) is 8.91. The highest BCUT2D eigenvalue weighted by Crippen LogP contribution is 2.34. The summed E-state index contributed by atoms with van der Waals surface area (Å²) in [6, 6.07) is 22.1. The molecule has 0 saturated heterocycles. The van der Waals surface area contributed by atoms with E-state index in [9.17, 15) is 4.39 Å². The molecule has 28 heavy (non-hydrogen) atoms. The van der Waals surface area contributed by atoms with Gasteiger partial charge in [0.2, 0.25) is 0 Å². The minimum absolute atomic E-state index is 0.307. The smallest absolute Gasteiger partial charge is 0.125 e. The molecule has 0 saturated carbocycles. The van der Waals surface area contributed by atoms with E-state index in [-0.39, 0.29) is 5.82 Å². The molecule has 0 bridgehead atoms. The van der Waals surface area contributed by atoms with Gasteiger partial charge in [0.15, 0.2) is 0 Å². The van der Waals surface area contributed by atoms with Gasteiger partial charge in [0.25, 0.3) is 0 Å². The Morgan fingerprint density at radius 2 is 1.75 bits per heavy atom. The van der Waals surface area contributed by atoms with E-state index in [1.165, 1.54) is 12.1 Å². The van der Waals surface area contributed by atoms with Crippen molar-refractivity contribution >= 4 is 21.8 Å². The molecule has 0 radical (unpaired) electrons. The molecule has 0 unspecified atom stereocenters. The average molecular weight is 369 g/mol. The first-order valence-electron chi connectivity index (χ1n) is 8.91. The molecule has 2 heterocycles. The van der Waals surface area contributed by atoms with Crippen molar-refractivity contribution in [3.05, 3.63) is 84.8 Å². The molecule has 136 valence electrons. The van der Waals surface area contributed by atoms with E-state index in [4.69, 9.17) is 9.84 Å². The maximum atomic E-state index is 13.9. The minimum Gasteiger partial charge on any atom is -0.497 e. The monoisotopic (exact) mass is 369 g/mol. The van der Waals surface area contributed by atoms with Crippen LogP contribution >= 0.6 is 0 Å². The van der Waals surface area contributed by atoms with Crippen molar-refractivity contribution in [1.82, 2.24) is 14.8 Å². The third kappa shape index (κ3) is 2.60. The van der Waals surface area contributed by atoms with Crippen LogP contribution in [0.3, 0.4) is 0 Å². The summed E-state index contributed by atoms with van der Waals surface area (Å²) in [4.78, 5) is 4.61. The van der Waals surface area contributed by atoms with Crippen LogP contribution in [0.2, 0.25) is 0 Å². The Kier molecular flexibility index (Phi) is 3.79.